The normalized spacial score (nSPS) is 11.2. The molecule has 0 aliphatic carbocycles. The van der Waals surface area contributed by atoms with Crippen molar-refractivity contribution in [2.75, 3.05) is 18.5 Å². The number of pyridine rings is 1. The third kappa shape index (κ3) is 7.50. The minimum absolute atomic E-state index is 0.0385. The first-order valence-electron chi connectivity index (χ1n) is 12.4. The Morgan fingerprint density at radius 2 is 1.51 bits per heavy atom. The first-order valence-corrected chi connectivity index (χ1v) is 12.4. The molecule has 202 valence electrons. The van der Waals surface area contributed by atoms with Crippen molar-refractivity contribution in [1.82, 2.24) is 4.98 Å². The summed E-state index contributed by atoms with van der Waals surface area (Å²) in [5, 5.41) is 2.78. The number of aromatic nitrogens is 1. The van der Waals surface area contributed by atoms with Crippen LogP contribution in [0.15, 0.2) is 89.7 Å². The Morgan fingerprint density at radius 1 is 0.872 bits per heavy atom. The van der Waals surface area contributed by atoms with Gasteiger partial charge in [0, 0.05) is 23.4 Å². The van der Waals surface area contributed by atoms with Gasteiger partial charge in [-0.25, -0.2) is 0 Å². The lowest BCUT2D eigenvalue weighted by Gasteiger charge is -2.13. The third-order valence-electron chi connectivity index (χ3n) is 5.81. The lowest BCUT2D eigenvalue weighted by Crippen LogP contribution is -2.25. The van der Waals surface area contributed by atoms with Crippen LogP contribution in [0, 0.1) is 0 Å². The zero-order valence-corrected chi connectivity index (χ0v) is 21.2. The molecule has 0 spiro atoms. The van der Waals surface area contributed by atoms with Crippen molar-refractivity contribution >= 4 is 11.6 Å². The van der Waals surface area contributed by atoms with E-state index in [1.165, 1.54) is 0 Å². The molecule has 0 saturated heterocycles. The van der Waals surface area contributed by atoms with Crippen LogP contribution in [-0.2, 0) is 0 Å². The topological polar surface area (TPSA) is 80.4 Å². The molecule has 9 heteroatoms. The fourth-order valence-corrected chi connectivity index (χ4v) is 3.97. The number of ether oxygens (including phenoxy) is 2. The van der Waals surface area contributed by atoms with Gasteiger partial charge in [-0.1, -0.05) is 30.3 Å². The fourth-order valence-electron chi connectivity index (χ4n) is 3.97. The van der Waals surface area contributed by atoms with Crippen molar-refractivity contribution < 1.29 is 27.4 Å². The van der Waals surface area contributed by atoms with E-state index in [0.29, 0.717) is 46.2 Å². The number of nitrogens with one attached hydrogen (secondary N) is 2. The largest absolute Gasteiger partial charge is 0.494 e. The molecule has 0 aliphatic heterocycles. The number of aromatic amines is 1. The van der Waals surface area contributed by atoms with E-state index >= 15 is 0 Å². The van der Waals surface area contributed by atoms with Gasteiger partial charge in [-0.2, -0.15) is 13.2 Å². The summed E-state index contributed by atoms with van der Waals surface area (Å²) in [6.45, 7) is 2.33. The van der Waals surface area contributed by atoms with Gasteiger partial charge < -0.3 is 19.8 Å². The summed E-state index contributed by atoms with van der Waals surface area (Å²) < 4.78 is 47.8. The zero-order chi connectivity index (χ0) is 27.8. The molecule has 0 bridgehead atoms. The SMILES string of the molecule is CCOc1ccc(NC(=O)c2c(-c3ccccc3)cc(-c3ccc(OCCCC(F)(F)F)cc3)[nH]c2=O)cc1. The predicted molar refractivity (Wildman–Crippen MR) is 144 cm³/mol. The summed E-state index contributed by atoms with van der Waals surface area (Å²) in [4.78, 5) is 29.3. The summed E-state index contributed by atoms with van der Waals surface area (Å²) in [6, 6.07) is 24.3. The van der Waals surface area contributed by atoms with E-state index in [2.05, 4.69) is 10.3 Å². The van der Waals surface area contributed by atoms with E-state index in [4.69, 9.17) is 9.47 Å². The van der Waals surface area contributed by atoms with Crippen molar-refractivity contribution in [3.05, 3.63) is 101 Å². The molecule has 0 atom stereocenters. The fraction of sp³-hybridized carbons (Fsp3) is 0.200. The molecule has 0 saturated carbocycles. The summed E-state index contributed by atoms with van der Waals surface area (Å²) >= 11 is 0. The van der Waals surface area contributed by atoms with Crippen LogP contribution >= 0.6 is 0 Å². The first-order chi connectivity index (χ1) is 18.7. The number of hydrogen-bond acceptors (Lipinski definition) is 4. The first kappa shape index (κ1) is 27.5. The van der Waals surface area contributed by atoms with Gasteiger partial charge in [0.1, 0.15) is 17.1 Å². The molecular formula is C30H27F3N2O4. The summed E-state index contributed by atoms with van der Waals surface area (Å²) in [5.74, 6) is 0.520. The minimum Gasteiger partial charge on any atom is -0.494 e. The van der Waals surface area contributed by atoms with Gasteiger partial charge in [0.05, 0.1) is 13.2 Å². The number of amides is 1. The third-order valence-corrected chi connectivity index (χ3v) is 5.81. The maximum absolute atomic E-state index is 13.3. The van der Waals surface area contributed by atoms with Crippen molar-refractivity contribution in [2.45, 2.75) is 25.9 Å². The molecule has 4 aromatic rings. The number of rotatable bonds is 10. The Labute approximate surface area is 223 Å². The Hall–Kier alpha value is -4.53. The average Bonchev–Trinajstić information content (AvgIpc) is 2.92. The number of halogens is 3. The van der Waals surface area contributed by atoms with E-state index in [9.17, 15) is 22.8 Å². The molecular weight excluding hydrogens is 509 g/mol. The summed E-state index contributed by atoms with van der Waals surface area (Å²) in [7, 11) is 0. The van der Waals surface area contributed by atoms with Crippen molar-refractivity contribution in [3.8, 4) is 33.9 Å². The number of anilines is 1. The maximum atomic E-state index is 13.3. The molecule has 1 aromatic heterocycles. The Morgan fingerprint density at radius 3 is 2.15 bits per heavy atom. The molecule has 0 fully saturated rings. The predicted octanol–water partition coefficient (Wildman–Crippen LogP) is 7.08. The van der Waals surface area contributed by atoms with Gasteiger partial charge in [-0.15, -0.1) is 0 Å². The molecule has 0 unspecified atom stereocenters. The lowest BCUT2D eigenvalue weighted by molar-refractivity contribution is -0.136. The Balaban J connectivity index is 1.59. The van der Waals surface area contributed by atoms with Gasteiger partial charge in [-0.05, 0) is 79.1 Å². The molecule has 4 rings (SSSR count). The summed E-state index contributed by atoms with van der Waals surface area (Å²) in [5.41, 5.74) is 2.16. The monoisotopic (exact) mass is 536 g/mol. The highest BCUT2D eigenvalue weighted by Crippen LogP contribution is 2.28. The number of alkyl halides is 3. The van der Waals surface area contributed by atoms with Crippen LogP contribution < -0.4 is 20.3 Å². The van der Waals surface area contributed by atoms with E-state index in [1.54, 1.807) is 54.6 Å². The molecule has 1 heterocycles. The highest BCUT2D eigenvalue weighted by molar-refractivity contribution is 6.08. The molecule has 0 radical (unpaired) electrons. The highest BCUT2D eigenvalue weighted by Gasteiger charge is 2.26. The van der Waals surface area contributed by atoms with Crippen LogP contribution in [0.1, 0.15) is 30.1 Å². The number of H-pyrrole nitrogens is 1. The van der Waals surface area contributed by atoms with Crippen molar-refractivity contribution in [2.24, 2.45) is 0 Å². The van der Waals surface area contributed by atoms with Crippen LogP contribution in [0.2, 0.25) is 0 Å². The van der Waals surface area contributed by atoms with E-state index < -0.39 is 24.1 Å². The van der Waals surface area contributed by atoms with E-state index in [1.807, 2.05) is 37.3 Å². The lowest BCUT2D eigenvalue weighted by atomic mass is 9.98. The Kier molecular flexibility index (Phi) is 8.70. The number of benzene rings is 3. The average molecular weight is 537 g/mol. The van der Waals surface area contributed by atoms with E-state index in [0.717, 1.165) is 0 Å². The molecule has 1 amide bonds. The maximum Gasteiger partial charge on any atom is 0.389 e. The number of carbonyl (C=O) groups excluding carboxylic acids is 1. The highest BCUT2D eigenvalue weighted by atomic mass is 19.4. The second-order valence-electron chi connectivity index (χ2n) is 8.67. The van der Waals surface area contributed by atoms with Crippen LogP contribution in [0.4, 0.5) is 18.9 Å². The van der Waals surface area contributed by atoms with Gasteiger partial charge in [0.25, 0.3) is 11.5 Å². The van der Waals surface area contributed by atoms with Gasteiger partial charge >= 0.3 is 6.18 Å². The number of hydrogen-bond donors (Lipinski definition) is 2. The smallest absolute Gasteiger partial charge is 0.389 e. The molecule has 6 nitrogen and oxygen atoms in total. The summed E-state index contributed by atoms with van der Waals surface area (Å²) in [6.07, 6.45) is -5.26. The van der Waals surface area contributed by atoms with Crippen molar-refractivity contribution in [3.63, 3.8) is 0 Å². The van der Waals surface area contributed by atoms with Crippen LogP contribution in [-0.4, -0.2) is 30.3 Å². The van der Waals surface area contributed by atoms with Gasteiger partial charge in [-0.3, -0.25) is 9.59 Å². The second kappa shape index (κ2) is 12.3. The minimum atomic E-state index is -4.22. The standard InChI is InChI=1S/C30H27F3N2O4/c1-2-38-23-15-11-22(12-16-23)34-28(36)27-25(20-7-4-3-5-8-20)19-26(35-29(27)37)21-9-13-24(14-10-21)39-18-6-17-30(31,32)33/h3-5,7-16,19H,2,6,17-18H2,1H3,(H,34,36)(H,35,37). The quantitative estimate of drug-likeness (QED) is 0.212. The molecule has 2 N–H and O–H groups in total. The van der Waals surface area contributed by atoms with Crippen LogP contribution in [0.5, 0.6) is 11.5 Å². The van der Waals surface area contributed by atoms with Crippen LogP contribution in [0.25, 0.3) is 22.4 Å². The van der Waals surface area contributed by atoms with Crippen molar-refractivity contribution in [1.29, 1.82) is 0 Å². The second-order valence-corrected chi connectivity index (χ2v) is 8.67. The van der Waals surface area contributed by atoms with E-state index in [-0.39, 0.29) is 18.6 Å². The zero-order valence-electron chi connectivity index (χ0n) is 21.2. The van der Waals surface area contributed by atoms with Crippen LogP contribution in [0.3, 0.4) is 0 Å². The molecule has 3 aromatic carbocycles. The van der Waals surface area contributed by atoms with Gasteiger partial charge in [0.15, 0.2) is 0 Å². The Bertz CT molecular complexity index is 1450. The number of carbonyl (C=O) groups is 1. The molecule has 0 aliphatic rings. The van der Waals surface area contributed by atoms with Gasteiger partial charge in [0.2, 0.25) is 0 Å². The molecule has 39 heavy (non-hydrogen) atoms.